The van der Waals surface area contributed by atoms with Gasteiger partial charge in [0.2, 0.25) is 0 Å². The second kappa shape index (κ2) is 8.25. The molecule has 1 aromatic carbocycles. The lowest BCUT2D eigenvalue weighted by Gasteiger charge is -2.22. The van der Waals surface area contributed by atoms with Crippen LogP contribution in [0, 0.1) is 5.41 Å². The van der Waals surface area contributed by atoms with Gasteiger partial charge in [-0.25, -0.2) is 0 Å². The van der Waals surface area contributed by atoms with E-state index in [2.05, 4.69) is 26.1 Å². The predicted octanol–water partition coefficient (Wildman–Crippen LogP) is 3.42. The third kappa shape index (κ3) is 5.94. The Labute approximate surface area is 128 Å². The first kappa shape index (κ1) is 17.8. The first-order valence-electron chi connectivity index (χ1n) is 7.38. The molecule has 4 heteroatoms. The molecule has 0 amide bonds. The zero-order valence-electron chi connectivity index (χ0n) is 14.2. The van der Waals surface area contributed by atoms with Crippen molar-refractivity contribution < 1.29 is 14.2 Å². The number of likely N-dealkylation sites (N-methyl/N-ethyl adjacent to an activating group) is 1. The van der Waals surface area contributed by atoms with Crippen LogP contribution in [0.2, 0.25) is 0 Å². The molecule has 0 saturated heterocycles. The van der Waals surface area contributed by atoms with E-state index in [9.17, 15) is 0 Å². The summed E-state index contributed by atoms with van der Waals surface area (Å²) in [5.74, 6) is 1.60. The van der Waals surface area contributed by atoms with Crippen molar-refractivity contribution in [3.63, 3.8) is 0 Å². The van der Waals surface area contributed by atoms with Crippen LogP contribution in [0.5, 0.6) is 11.5 Å². The van der Waals surface area contributed by atoms with Gasteiger partial charge in [0.1, 0.15) is 11.5 Å². The summed E-state index contributed by atoms with van der Waals surface area (Å²) >= 11 is 0. The molecule has 1 aromatic rings. The molecule has 0 saturated carbocycles. The van der Waals surface area contributed by atoms with Crippen molar-refractivity contribution in [3.05, 3.63) is 23.8 Å². The van der Waals surface area contributed by atoms with E-state index in [0.29, 0.717) is 12.0 Å². The van der Waals surface area contributed by atoms with Gasteiger partial charge in [-0.05, 0) is 31.0 Å². The number of hydrogen-bond acceptors (Lipinski definition) is 4. The Balaban J connectivity index is 2.67. The maximum atomic E-state index is 5.82. The van der Waals surface area contributed by atoms with Crippen molar-refractivity contribution in [2.45, 2.75) is 33.2 Å². The minimum absolute atomic E-state index is 0.103. The van der Waals surface area contributed by atoms with E-state index in [1.54, 1.807) is 14.2 Å². The van der Waals surface area contributed by atoms with Gasteiger partial charge in [0.15, 0.2) is 0 Å². The first-order chi connectivity index (χ1) is 9.91. The van der Waals surface area contributed by atoms with Crippen LogP contribution in [0.4, 0.5) is 0 Å². The van der Waals surface area contributed by atoms with Gasteiger partial charge < -0.3 is 19.5 Å². The molecule has 4 nitrogen and oxygen atoms in total. The highest BCUT2D eigenvalue weighted by Crippen LogP contribution is 2.29. The van der Waals surface area contributed by atoms with Crippen molar-refractivity contribution >= 4 is 0 Å². The molecule has 1 N–H and O–H groups in total. The molecule has 0 bridgehead atoms. The molecule has 120 valence electrons. The summed E-state index contributed by atoms with van der Waals surface area (Å²) in [6.45, 7) is 8.05. The number of methoxy groups -OCH3 is 2. The lowest BCUT2D eigenvalue weighted by Crippen LogP contribution is -2.23. The van der Waals surface area contributed by atoms with Crippen LogP contribution in [0.3, 0.4) is 0 Å². The Kier molecular flexibility index (Phi) is 6.99. The second-order valence-corrected chi connectivity index (χ2v) is 6.33. The van der Waals surface area contributed by atoms with Crippen molar-refractivity contribution in [2.75, 3.05) is 34.5 Å². The highest BCUT2D eigenvalue weighted by molar-refractivity contribution is 5.42. The van der Waals surface area contributed by atoms with E-state index in [-0.39, 0.29) is 6.04 Å². The molecule has 1 unspecified atom stereocenters. The third-order valence-electron chi connectivity index (χ3n) is 3.45. The van der Waals surface area contributed by atoms with E-state index in [1.807, 2.05) is 25.2 Å². The summed E-state index contributed by atoms with van der Waals surface area (Å²) in [7, 11) is 5.26. The molecule has 0 aliphatic carbocycles. The fourth-order valence-electron chi connectivity index (χ4n) is 2.01. The summed E-state index contributed by atoms with van der Waals surface area (Å²) < 4.78 is 16.5. The number of rotatable bonds is 8. The zero-order valence-corrected chi connectivity index (χ0v) is 14.2. The SMILES string of the molecule is CNC(COCCC(C)(C)C)c1ccc(OC)cc1OC. The predicted molar refractivity (Wildman–Crippen MR) is 86.2 cm³/mol. The highest BCUT2D eigenvalue weighted by atomic mass is 16.5. The van der Waals surface area contributed by atoms with E-state index >= 15 is 0 Å². The molecular weight excluding hydrogens is 266 g/mol. The number of benzene rings is 1. The monoisotopic (exact) mass is 295 g/mol. The largest absolute Gasteiger partial charge is 0.497 e. The number of hydrogen-bond donors (Lipinski definition) is 1. The van der Waals surface area contributed by atoms with E-state index in [4.69, 9.17) is 14.2 Å². The third-order valence-corrected chi connectivity index (χ3v) is 3.45. The van der Waals surface area contributed by atoms with Crippen LogP contribution in [-0.2, 0) is 4.74 Å². The lowest BCUT2D eigenvalue weighted by molar-refractivity contribution is 0.0908. The van der Waals surface area contributed by atoms with Gasteiger partial charge in [0.25, 0.3) is 0 Å². The lowest BCUT2D eigenvalue weighted by atomic mass is 9.93. The van der Waals surface area contributed by atoms with E-state index in [1.165, 1.54) is 0 Å². The van der Waals surface area contributed by atoms with Gasteiger partial charge in [-0.2, -0.15) is 0 Å². The average molecular weight is 295 g/mol. The molecular formula is C17H29NO3. The van der Waals surface area contributed by atoms with Crippen LogP contribution in [-0.4, -0.2) is 34.5 Å². The molecule has 0 fully saturated rings. The topological polar surface area (TPSA) is 39.7 Å². The summed E-state index contributed by atoms with van der Waals surface area (Å²) in [6, 6.07) is 5.96. The Morgan fingerprint density at radius 1 is 1.14 bits per heavy atom. The zero-order chi connectivity index (χ0) is 15.9. The van der Waals surface area contributed by atoms with Crippen molar-refractivity contribution in [1.82, 2.24) is 5.32 Å². The summed E-state index contributed by atoms with van der Waals surface area (Å²) in [4.78, 5) is 0. The Morgan fingerprint density at radius 3 is 2.38 bits per heavy atom. The molecule has 0 heterocycles. The Hall–Kier alpha value is -1.26. The quantitative estimate of drug-likeness (QED) is 0.746. The van der Waals surface area contributed by atoms with Crippen molar-refractivity contribution in [2.24, 2.45) is 5.41 Å². The van der Waals surface area contributed by atoms with Crippen molar-refractivity contribution in [3.8, 4) is 11.5 Å². The molecule has 0 aliphatic heterocycles. The maximum absolute atomic E-state index is 5.82. The van der Waals surface area contributed by atoms with Crippen LogP contribution < -0.4 is 14.8 Å². The Bertz CT molecular complexity index is 427. The second-order valence-electron chi connectivity index (χ2n) is 6.33. The molecule has 0 aliphatic rings. The summed E-state index contributed by atoms with van der Waals surface area (Å²) in [5.41, 5.74) is 1.38. The Morgan fingerprint density at radius 2 is 1.86 bits per heavy atom. The minimum Gasteiger partial charge on any atom is -0.497 e. The van der Waals surface area contributed by atoms with Gasteiger partial charge in [-0.3, -0.25) is 0 Å². The fraction of sp³-hybridized carbons (Fsp3) is 0.647. The van der Waals surface area contributed by atoms with Gasteiger partial charge in [-0.1, -0.05) is 20.8 Å². The molecule has 0 radical (unpaired) electrons. The van der Waals surface area contributed by atoms with Gasteiger partial charge in [0, 0.05) is 18.2 Å². The van der Waals surface area contributed by atoms with Crippen LogP contribution in [0.1, 0.15) is 38.8 Å². The van der Waals surface area contributed by atoms with Crippen LogP contribution in [0.25, 0.3) is 0 Å². The number of nitrogens with one attached hydrogen (secondary N) is 1. The number of ether oxygens (including phenoxy) is 3. The van der Waals surface area contributed by atoms with Crippen molar-refractivity contribution in [1.29, 1.82) is 0 Å². The molecule has 21 heavy (non-hydrogen) atoms. The molecule has 1 rings (SSSR count). The van der Waals surface area contributed by atoms with Gasteiger partial charge in [-0.15, -0.1) is 0 Å². The summed E-state index contributed by atoms with van der Waals surface area (Å²) in [5, 5.41) is 3.28. The van der Waals surface area contributed by atoms with Gasteiger partial charge in [0.05, 0.1) is 26.9 Å². The fourth-order valence-corrected chi connectivity index (χ4v) is 2.01. The standard InChI is InChI=1S/C17H29NO3/c1-17(2,3)9-10-21-12-15(18-4)14-8-7-13(19-5)11-16(14)20-6/h7-8,11,15,18H,9-10,12H2,1-6H3. The molecule has 0 aromatic heterocycles. The van der Waals surface area contributed by atoms with E-state index in [0.717, 1.165) is 30.1 Å². The normalized spacial score (nSPS) is 13.0. The van der Waals surface area contributed by atoms with Gasteiger partial charge >= 0.3 is 0 Å². The van der Waals surface area contributed by atoms with E-state index < -0.39 is 0 Å². The molecule has 0 spiro atoms. The maximum Gasteiger partial charge on any atom is 0.127 e. The first-order valence-corrected chi connectivity index (χ1v) is 7.38. The van der Waals surface area contributed by atoms with Crippen LogP contribution >= 0.6 is 0 Å². The average Bonchev–Trinajstić information content (AvgIpc) is 2.46. The molecule has 1 atom stereocenters. The highest BCUT2D eigenvalue weighted by Gasteiger charge is 2.16. The minimum atomic E-state index is 0.103. The smallest absolute Gasteiger partial charge is 0.127 e. The summed E-state index contributed by atoms with van der Waals surface area (Å²) in [6.07, 6.45) is 1.04. The van der Waals surface area contributed by atoms with Crippen LogP contribution in [0.15, 0.2) is 18.2 Å².